The number of rotatable bonds is 8. The van der Waals surface area contributed by atoms with Crippen LogP contribution in [0.25, 0.3) is 10.9 Å². The lowest BCUT2D eigenvalue weighted by Crippen LogP contribution is -2.46. The number of halogens is 2. The lowest BCUT2D eigenvalue weighted by atomic mass is 9.98. The molecule has 0 spiro atoms. The number of nitrogens with one attached hydrogen (secondary N) is 2. The third-order valence-corrected chi connectivity index (χ3v) is 9.05. The molecular formula is C36H38ClFN8. The summed E-state index contributed by atoms with van der Waals surface area (Å²) in [6, 6.07) is 22.1. The van der Waals surface area contributed by atoms with Gasteiger partial charge < -0.3 is 10.6 Å². The topological polar surface area (TPSA) is 94.7 Å². The second-order valence-electron chi connectivity index (χ2n) is 12.9. The SMILES string of the molecule is C[C@@H](Nc1c(C#N)cnc2c(N[C@@H](c3ccccc3)c3cn(C4CCN(C(C)(C)C)CC4)nn3)cc(Cl)cc12)c1ccc(F)cc1. The van der Waals surface area contributed by atoms with Crippen molar-refractivity contribution in [3.05, 3.63) is 112 Å². The number of hydrogen-bond donors (Lipinski definition) is 2. The number of likely N-dealkylation sites (tertiary alicyclic amines) is 1. The molecule has 2 N–H and O–H groups in total. The lowest BCUT2D eigenvalue weighted by Gasteiger charge is -2.40. The molecule has 1 aliphatic rings. The highest BCUT2D eigenvalue weighted by Gasteiger charge is 2.29. The summed E-state index contributed by atoms with van der Waals surface area (Å²) in [7, 11) is 0. The van der Waals surface area contributed by atoms with E-state index >= 15 is 0 Å². The first-order chi connectivity index (χ1) is 22.1. The van der Waals surface area contributed by atoms with Crippen LogP contribution in [0.2, 0.25) is 5.02 Å². The zero-order chi connectivity index (χ0) is 32.4. The van der Waals surface area contributed by atoms with Crippen LogP contribution in [0.15, 0.2) is 79.1 Å². The van der Waals surface area contributed by atoms with Crippen LogP contribution in [0, 0.1) is 17.1 Å². The van der Waals surface area contributed by atoms with E-state index in [1.54, 1.807) is 18.3 Å². The fraction of sp³-hybridized carbons (Fsp3) is 0.333. The molecule has 3 heterocycles. The Bertz CT molecular complexity index is 1850. The van der Waals surface area contributed by atoms with Gasteiger partial charge in [0, 0.05) is 41.3 Å². The minimum absolute atomic E-state index is 0.150. The average molecular weight is 637 g/mol. The molecule has 1 fully saturated rings. The van der Waals surface area contributed by atoms with Crippen molar-refractivity contribution < 1.29 is 4.39 Å². The largest absolute Gasteiger partial charge is 0.377 e. The number of hydrogen-bond acceptors (Lipinski definition) is 7. The van der Waals surface area contributed by atoms with Crippen LogP contribution in [0.5, 0.6) is 0 Å². The van der Waals surface area contributed by atoms with E-state index in [1.165, 1.54) is 12.1 Å². The molecule has 236 valence electrons. The van der Waals surface area contributed by atoms with Crippen molar-refractivity contribution in [3.8, 4) is 6.07 Å². The second-order valence-corrected chi connectivity index (χ2v) is 13.4. The van der Waals surface area contributed by atoms with E-state index in [0.29, 0.717) is 32.9 Å². The molecule has 3 aromatic carbocycles. The Morgan fingerprint density at radius 2 is 1.72 bits per heavy atom. The summed E-state index contributed by atoms with van der Waals surface area (Å²) >= 11 is 6.73. The highest BCUT2D eigenvalue weighted by molar-refractivity contribution is 6.32. The van der Waals surface area contributed by atoms with E-state index in [0.717, 1.165) is 42.8 Å². The zero-order valence-corrected chi connectivity index (χ0v) is 27.3. The van der Waals surface area contributed by atoms with Crippen LogP contribution in [-0.4, -0.2) is 43.5 Å². The average Bonchev–Trinajstić information content (AvgIpc) is 3.54. The van der Waals surface area contributed by atoms with E-state index in [9.17, 15) is 9.65 Å². The van der Waals surface area contributed by atoms with E-state index in [1.807, 2.05) is 48.1 Å². The van der Waals surface area contributed by atoms with Gasteiger partial charge in [0.15, 0.2) is 0 Å². The van der Waals surface area contributed by atoms with Gasteiger partial charge in [0.25, 0.3) is 0 Å². The summed E-state index contributed by atoms with van der Waals surface area (Å²) in [5, 5.41) is 27.6. The molecule has 6 rings (SSSR count). The molecule has 0 radical (unpaired) electrons. The van der Waals surface area contributed by atoms with Gasteiger partial charge in [0.1, 0.15) is 17.6 Å². The number of nitrogens with zero attached hydrogens (tertiary/aromatic N) is 6. The summed E-state index contributed by atoms with van der Waals surface area (Å²) in [5.74, 6) is -0.301. The Balaban J connectivity index is 1.34. The number of aromatic nitrogens is 4. The molecule has 5 aromatic rings. The molecule has 10 heteroatoms. The van der Waals surface area contributed by atoms with Gasteiger partial charge in [-0.3, -0.25) is 9.88 Å². The van der Waals surface area contributed by atoms with Crippen LogP contribution in [-0.2, 0) is 0 Å². The Hall–Kier alpha value is -4.52. The van der Waals surface area contributed by atoms with Crippen molar-refractivity contribution in [1.29, 1.82) is 5.26 Å². The molecule has 0 aliphatic carbocycles. The summed E-state index contributed by atoms with van der Waals surface area (Å²) in [6.45, 7) is 10.8. The molecule has 2 aromatic heterocycles. The smallest absolute Gasteiger partial charge is 0.123 e. The number of pyridine rings is 1. The lowest BCUT2D eigenvalue weighted by molar-refractivity contribution is 0.0866. The minimum atomic E-state index is -0.335. The summed E-state index contributed by atoms with van der Waals surface area (Å²) < 4.78 is 15.6. The van der Waals surface area contributed by atoms with Gasteiger partial charge in [0.2, 0.25) is 0 Å². The first-order valence-corrected chi connectivity index (χ1v) is 16.0. The Morgan fingerprint density at radius 3 is 2.39 bits per heavy atom. The third-order valence-electron chi connectivity index (χ3n) is 8.83. The molecule has 46 heavy (non-hydrogen) atoms. The first-order valence-electron chi connectivity index (χ1n) is 15.6. The second kappa shape index (κ2) is 13.1. The molecule has 0 amide bonds. The van der Waals surface area contributed by atoms with E-state index in [-0.39, 0.29) is 29.5 Å². The Labute approximate surface area is 274 Å². The fourth-order valence-corrected chi connectivity index (χ4v) is 6.42. The summed E-state index contributed by atoms with van der Waals surface area (Å²) in [4.78, 5) is 7.23. The van der Waals surface area contributed by atoms with Crippen molar-refractivity contribution in [3.63, 3.8) is 0 Å². The highest BCUT2D eigenvalue weighted by atomic mass is 35.5. The predicted octanol–water partition coefficient (Wildman–Crippen LogP) is 8.30. The highest BCUT2D eigenvalue weighted by Crippen LogP contribution is 2.38. The van der Waals surface area contributed by atoms with Crippen molar-refractivity contribution in [2.45, 2.75) is 64.2 Å². The maximum atomic E-state index is 13.6. The van der Waals surface area contributed by atoms with Gasteiger partial charge in [-0.25, -0.2) is 9.07 Å². The Morgan fingerprint density at radius 1 is 1.00 bits per heavy atom. The number of anilines is 2. The van der Waals surface area contributed by atoms with Gasteiger partial charge in [-0.1, -0.05) is 59.3 Å². The monoisotopic (exact) mass is 636 g/mol. The van der Waals surface area contributed by atoms with Crippen LogP contribution in [0.1, 0.15) is 81.0 Å². The molecule has 1 aliphatic heterocycles. The van der Waals surface area contributed by atoms with E-state index < -0.39 is 0 Å². The molecule has 0 unspecified atom stereocenters. The van der Waals surface area contributed by atoms with Gasteiger partial charge >= 0.3 is 0 Å². The zero-order valence-electron chi connectivity index (χ0n) is 26.5. The predicted molar refractivity (Wildman–Crippen MR) is 181 cm³/mol. The van der Waals surface area contributed by atoms with Crippen molar-refractivity contribution in [1.82, 2.24) is 24.9 Å². The standard InChI is InChI=1S/C36H38ClFN8/c1-23(24-10-12-28(38)13-11-24)41-33-26(20-39)21-40-35-30(33)18-27(37)19-31(35)42-34(25-8-6-5-7-9-25)32-22-46(44-43-32)29-14-16-45(17-15-29)36(2,3)4/h5-13,18-19,21-23,29,34,42H,14-17H2,1-4H3,(H,40,41)/t23-,34+/m1/s1. The van der Waals surface area contributed by atoms with Crippen molar-refractivity contribution in [2.75, 3.05) is 23.7 Å². The number of piperidine rings is 1. The fourth-order valence-electron chi connectivity index (χ4n) is 6.20. The van der Waals surface area contributed by atoms with Gasteiger partial charge in [-0.2, -0.15) is 5.26 Å². The van der Waals surface area contributed by atoms with Gasteiger partial charge in [-0.15, -0.1) is 5.10 Å². The van der Waals surface area contributed by atoms with E-state index in [2.05, 4.69) is 64.8 Å². The quantitative estimate of drug-likeness (QED) is 0.177. The van der Waals surface area contributed by atoms with Crippen LogP contribution in [0.3, 0.4) is 0 Å². The van der Waals surface area contributed by atoms with Crippen LogP contribution < -0.4 is 10.6 Å². The first kappa shape index (κ1) is 31.5. The maximum absolute atomic E-state index is 13.6. The van der Waals surface area contributed by atoms with Crippen LogP contribution >= 0.6 is 11.6 Å². The number of benzene rings is 3. The van der Waals surface area contributed by atoms with E-state index in [4.69, 9.17) is 16.6 Å². The summed E-state index contributed by atoms with van der Waals surface area (Å²) in [5.41, 5.74) is 5.18. The normalized spacial score (nSPS) is 15.8. The van der Waals surface area contributed by atoms with Gasteiger partial charge in [-0.05, 0) is 75.9 Å². The number of fused-ring (bicyclic) bond motifs is 1. The maximum Gasteiger partial charge on any atom is 0.123 e. The summed E-state index contributed by atoms with van der Waals surface area (Å²) in [6.07, 6.45) is 5.64. The Kier molecular flexibility index (Phi) is 8.94. The number of nitriles is 1. The van der Waals surface area contributed by atoms with Crippen molar-refractivity contribution >= 4 is 33.9 Å². The molecule has 1 saturated heterocycles. The molecule has 0 bridgehead atoms. The van der Waals surface area contributed by atoms with Gasteiger partial charge in [0.05, 0.1) is 40.7 Å². The van der Waals surface area contributed by atoms with Crippen molar-refractivity contribution in [2.24, 2.45) is 0 Å². The molecule has 8 nitrogen and oxygen atoms in total. The minimum Gasteiger partial charge on any atom is -0.377 e. The van der Waals surface area contributed by atoms with Crippen LogP contribution in [0.4, 0.5) is 15.8 Å². The molecule has 0 saturated carbocycles. The molecular weight excluding hydrogens is 599 g/mol. The molecule has 2 atom stereocenters. The third kappa shape index (κ3) is 6.69.